The maximum atomic E-state index is 12.5. The molecule has 2 rings (SSSR count). The van der Waals surface area contributed by atoms with Gasteiger partial charge < -0.3 is 9.64 Å². The first-order valence-corrected chi connectivity index (χ1v) is 7.70. The van der Waals surface area contributed by atoms with E-state index in [1.165, 1.54) is 0 Å². The zero-order valence-electron chi connectivity index (χ0n) is 12.7. The first kappa shape index (κ1) is 14.8. The minimum atomic E-state index is 0.00789. The minimum absolute atomic E-state index is 0.00789. The van der Waals surface area contributed by atoms with Gasteiger partial charge in [0.2, 0.25) is 5.91 Å². The molecule has 0 spiro atoms. The number of nitrogens with one attached hydrogen (secondary N) is 1. The van der Waals surface area contributed by atoms with E-state index in [1.807, 2.05) is 0 Å². The summed E-state index contributed by atoms with van der Waals surface area (Å²) in [5, 5.41) is 3.51. The lowest BCUT2D eigenvalue weighted by Crippen LogP contribution is -2.47. The molecule has 1 N–H and O–H groups in total. The lowest BCUT2D eigenvalue weighted by molar-refractivity contribution is -0.133. The van der Waals surface area contributed by atoms with Gasteiger partial charge in [0.05, 0.1) is 18.8 Å². The van der Waals surface area contributed by atoms with Crippen molar-refractivity contribution in [3.8, 4) is 0 Å². The number of amides is 1. The summed E-state index contributed by atoms with van der Waals surface area (Å²) in [4.78, 5) is 14.7. The number of carbonyl (C=O) groups is 1. The van der Waals surface area contributed by atoms with E-state index >= 15 is 0 Å². The summed E-state index contributed by atoms with van der Waals surface area (Å²) in [5.74, 6) is 1.37. The lowest BCUT2D eigenvalue weighted by Gasteiger charge is -2.34. The van der Waals surface area contributed by atoms with E-state index in [-0.39, 0.29) is 24.2 Å². The molecule has 2 aliphatic heterocycles. The van der Waals surface area contributed by atoms with E-state index in [9.17, 15) is 4.79 Å². The van der Waals surface area contributed by atoms with Crippen LogP contribution in [-0.4, -0.2) is 42.3 Å². The number of hydrogen-bond acceptors (Lipinski definition) is 3. The average molecular weight is 268 g/mol. The van der Waals surface area contributed by atoms with Crippen molar-refractivity contribution >= 4 is 5.91 Å². The first-order valence-electron chi connectivity index (χ1n) is 7.70. The van der Waals surface area contributed by atoms with E-state index in [4.69, 9.17) is 4.74 Å². The van der Waals surface area contributed by atoms with Crippen LogP contribution in [0.4, 0.5) is 0 Å². The van der Waals surface area contributed by atoms with Crippen molar-refractivity contribution in [2.75, 3.05) is 13.2 Å². The Labute approximate surface area is 116 Å². The van der Waals surface area contributed by atoms with E-state index < -0.39 is 0 Å². The van der Waals surface area contributed by atoms with Gasteiger partial charge in [-0.05, 0) is 32.1 Å². The summed E-state index contributed by atoms with van der Waals surface area (Å²) < 4.78 is 5.48. The van der Waals surface area contributed by atoms with E-state index in [0.29, 0.717) is 11.8 Å². The normalized spacial score (nSPS) is 33.4. The van der Waals surface area contributed by atoms with Gasteiger partial charge in [-0.15, -0.1) is 0 Å². The van der Waals surface area contributed by atoms with E-state index in [1.54, 1.807) is 0 Å². The van der Waals surface area contributed by atoms with Crippen molar-refractivity contribution in [3.63, 3.8) is 0 Å². The standard InChI is InChI=1S/C15H28N2O2/c1-5-13-15(18)17(14(16-13)8-10(2)3)11(4)12-6-7-19-9-12/h10-14,16H,5-9H2,1-4H3. The second-order valence-electron chi connectivity index (χ2n) is 6.38. The van der Waals surface area contributed by atoms with Crippen LogP contribution in [0.1, 0.15) is 47.0 Å². The third kappa shape index (κ3) is 3.11. The van der Waals surface area contributed by atoms with Gasteiger partial charge in [0.25, 0.3) is 0 Å². The van der Waals surface area contributed by atoms with E-state index in [0.717, 1.165) is 32.5 Å². The fourth-order valence-corrected chi connectivity index (χ4v) is 3.28. The number of ether oxygens (including phenoxy) is 1. The highest BCUT2D eigenvalue weighted by molar-refractivity contribution is 5.84. The Bertz CT molecular complexity index is 313. The third-order valence-electron chi connectivity index (χ3n) is 4.47. The molecular weight excluding hydrogens is 240 g/mol. The summed E-state index contributed by atoms with van der Waals surface area (Å²) in [5.41, 5.74) is 0. The Hall–Kier alpha value is -0.610. The molecule has 0 saturated carbocycles. The van der Waals surface area contributed by atoms with Crippen LogP contribution in [0.5, 0.6) is 0 Å². The molecule has 2 fully saturated rings. The predicted molar refractivity (Wildman–Crippen MR) is 75.7 cm³/mol. The second-order valence-corrected chi connectivity index (χ2v) is 6.38. The van der Waals surface area contributed by atoms with Crippen LogP contribution < -0.4 is 5.32 Å². The minimum Gasteiger partial charge on any atom is -0.381 e. The first-order chi connectivity index (χ1) is 9.04. The predicted octanol–water partition coefficient (Wildman–Crippen LogP) is 1.99. The quantitative estimate of drug-likeness (QED) is 0.829. The van der Waals surface area contributed by atoms with Crippen molar-refractivity contribution in [3.05, 3.63) is 0 Å². The number of rotatable bonds is 5. The Balaban J connectivity index is 2.10. The second kappa shape index (κ2) is 6.23. The van der Waals surface area contributed by atoms with Gasteiger partial charge in [-0.2, -0.15) is 0 Å². The highest BCUT2D eigenvalue weighted by Gasteiger charge is 2.42. The zero-order chi connectivity index (χ0) is 14.0. The molecule has 19 heavy (non-hydrogen) atoms. The van der Waals surface area contributed by atoms with Gasteiger partial charge >= 0.3 is 0 Å². The molecule has 2 aliphatic rings. The van der Waals surface area contributed by atoms with Crippen LogP contribution in [0.2, 0.25) is 0 Å². The third-order valence-corrected chi connectivity index (χ3v) is 4.47. The van der Waals surface area contributed by atoms with Crippen LogP contribution >= 0.6 is 0 Å². The number of carbonyl (C=O) groups excluding carboxylic acids is 1. The smallest absolute Gasteiger partial charge is 0.241 e. The topological polar surface area (TPSA) is 41.6 Å². The largest absolute Gasteiger partial charge is 0.381 e. The molecule has 0 aromatic heterocycles. The molecule has 0 bridgehead atoms. The van der Waals surface area contributed by atoms with E-state index in [2.05, 4.69) is 37.9 Å². The van der Waals surface area contributed by atoms with Crippen LogP contribution in [-0.2, 0) is 9.53 Å². The Morgan fingerprint density at radius 2 is 2.16 bits per heavy atom. The molecule has 2 heterocycles. The Morgan fingerprint density at radius 1 is 1.42 bits per heavy atom. The summed E-state index contributed by atoms with van der Waals surface area (Å²) >= 11 is 0. The molecule has 4 unspecified atom stereocenters. The van der Waals surface area contributed by atoms with Crippen LogP contribution in [0.15, 0.2) is 0 Å². The molecule has 4 atom stereocenters. The highest BCUT2D eigenvalue weighted by Crippen LogP contribution is 2.28. The molecule has 0 aliphatic carbocycles. The van der Waals surface area contributed by atoms with Crippen molar-refractivity contribution < 1.29 is 9.53 Å². The molecule has 4 nitrogen and oxygen atoms in total. The summed E-state index contributed by atoms with van der Waals surface area (Å²) in [7, 11) is 0. The molecule has 0 radical (unpaired) electrons. The maximum absolute atomic E-state index is 12.5. The zero-order valence-corrected chi connectivity index (χ0v) is 12.7. The summed E-state index contributed by atoms with van der Waals surface area (Å²) in [6.45, 7) is 10.3. The van der Waals surface area contributed by atoms with Crippen LogP contribution in [0.3, 0.4) is 0 Å². The van der Waals surface area contributed by atoms with Crippen molar-refractivity contribution in [2.45, 2.75) is 65.2 Å². The fourth-order valence-electron chi connectivity index (χ4n) is 3.28. The summed E-state index contributed by atoms with van der Waals surface area (Å²) in [6.07, 6.45) is 3.18. The number of hydrogen-bond donors (Lipinski definition) is 1. The Morgan fingerprint density at radius 3 is 2.68 bits per heavy atom. The van der Waals surface area contributed by atoms with Gasteiger partial charge in [-0.1, -0.05) is 20.8 Å². The average Bonchev–Trinajstić information content (AvgIpc) is 2.96. The monoisotopic (exact) mass is 268 g/mol. The molecule has 0 aromatic rings. The van der Waals surface area contributed by atoms with Gasteiger partial charge in [0, 0.05) is 18.6 Å². The molecular formula is C15H28N2O2. The lowest BCUT2D eigenvalue weighted by atomic mass is 9.97. The van der Waals surface area contributed by atoms with Crippen molar-refractivity contribution in [1.82, 2.24) is 10.2 Å². The van der Waals surface area contributed by atoms with Crippen molar-refractivity contribution in [2.24, 2.45) is 11.8 Å². The fraction of sp³-hybridized carbons (Fsp3) is 0.933. The van der Waals surface area contributed by atoms with Gasteiger partial charge in [0.15, 0.2) is 0 Å². The summed E-state index contributed by atoms with van der Waals surface area (Å²) in [6, 6.07) is 0.288. The highest BCUT2D eigenvalue weighted by atomic mass is 16.5. The SMILES string of the molecule is CCC1NC(CC(C)C)N(C(C)C2CCOC2)C1=O. The molecule has 110 valence electrons. The van der Waals surface area contributed by atoms with Crippen LogP contribution in [0.25, 0.3) is 0 Å². The van der Waals surface area contributed by atoms with Gasteiger partial charge in [-0.25, -0.2) is 0 Å². The molecule has 2 saturated heterocycles. The van der Waals surface area contributed by atoms with Crippen LogP contribution in [0, 0.1) is 11.8 Å². The van der Waals surface area contributed by atoms with Crippen molar-refractivity contribution in [1.29, 1.82) is 0 Å². The molecule has 0 aromatic carbocycles. The molecule has 1 amide bonds. The molecule has 4 heteroatoms. The van der Waals surface area contributed by atoms with Gasteiger partial charge in [0.1, 0.15) is 0 Å². The Kier molecular flexibility index (Phi) is 4.85. The number of nitrogens with zero attached hydrogens (tertiary/aromatic N) is 1. The maximum Gasteiger partial charge on any atom is 0.241 e. The van der Waals surface area contributed by atoms with Gasteiger partial charge in [-0.3, -0.25) is 10.1 Å².